The molecule has 2 heterocycles. The first-order chi connectivity index (χ1) is 9.45. The van der Waals surface area contributed by atoms with Crippen molar-refractivity contribution in [3.05, 3.63) is 35.5 Å². The summed E-state index contributed by atoms with van der Waals surface area (Å²) in [4.78, 5) is 14.0. The van der Waals surface area contributed by atoms with Gasteiger partial charge >= 0.3 is 0 Å². The average molecular weight is 271 g/mol. The molecular weight excluding hydrogens is 254 g/mol. The highest BCUT2D eigenvalue weighted by molar-refractivity contribution is 6.07. The summed E-state index contributed by atoms with van der Waals surface area (Å²) >= 11 is 0. The maximum absolute atomic E-state index is 12.3. The van der Waals surface area contributed by atoms with Crippen LogP contribution in [-0.2, 0) is 16.8 Å². The number of hydrogen-bond donors (Lipinski definition) is 1. The molecule has 20 heavy (non-hydrogen) atoms. The molecule has 3 rings (SSSR count). The fourth-order valence-corrected chi connectivity index (χ4v) is 2.67. The fraction of sp³-hybridized carbons (Fsp3) is 0.333. The molecule has 0 atom stereocenters. The van der Waals surface area contributed by atoms with Crippen LogP contribution in [0.5, 0.6) is 0 Å². The van der Waals surface area contributed by atoms with Crippen LogP contribution in [0.1, 0.15) is 25.1 Å². The van der Waals surface area contributed by atoms with E-state index in [1.165, 1.54) is 0 Å². The minimum atomic E-state index is -0.517. The number of nitrogens with zero attached hydrogens (tertiary/aromatic N) is 2. The van der Waals surface area contributed by atoms with E-state index in [0.29, 0.717) is 18.0 Å². The fourth-order valence-electron chi connectivity index (χ4n) is 2.67. The van der Waals surface area contributed by atoms with Crippen LogP contribution >= 0.6 is 0 Å². The molecule has 2 N–H and O–H groups in total. The van der Waals surface area contributed by atoms with Gasteiger partial charge in [0.05, 0.1) is 11.1 Å². The molecule has 0 radical (unpaired) electrons. The Hall–Kier alpha value is -2.14. The Bertz CT molecular complexity index is 688. The van der Waals surface area contributed by atoms with Crippen LogP contribution in [0.25, 0.3) is 11.3 Å². The summed E-state index contributed by atoms with van der Waals surface area (Å²) in [6.45, 7) is 4.22. The molecule has 0 fully saturated rings. The molecule has 1 amide bonds. The second kappa shape index (κ2) is 4.18. The summed E-state index contributed by atoms with van der Waals surface area (Å²) in [5, 5.41) is 3.89. The molecule has 0 unspecified atom stereocenters. The minimum absolute atomic E-state index is 0.102. The molecule has 0 bridgehead atoms. The summed E-state index contributed by atoms with van der Waals surface area (Å²) in [7, 11) is 1.80. The van der Waals surface area contributed by atoms with Gasteiger partial charge in [0.1, 0.15) is 0 Å². The standard InChI is InChI=1S/C15H17N3O2/c1-15(2)11-6-9(13-7-10(8-16)17-20-13)4-5-12(11)18(3)14(15)19/h4-7H,8,16H2,1-3H3. The lowest BCUT2D eigenvalue weighted by Crippen LogP contribution is -2.33. The Balaban J connectivity index is 2.11. The van der Waals surface area contributed by atoms with Crippen LogP contribution in [0.4, 0.5) is 5.69 Å². The first kappa shape index (κ1) is 12.9. The van der Waals surface area contributed by atoms with Crippen LogP contribution in [0, 0.1) is 0 Å². The smallest absolute Gasteiger partial charge is 0.236 e. The van der Waals surface area contributed by atoms with Crippen molar-refractivity contribution in [3.63, 3.8) is 0 Å². The van der Waals surface area contributed by atoms with E-state index in [0.717, 1.165) is 16.8 Å². The van der Waals surface area contributed by atoms with E-state index < -0.39 is 5.41 Å². The van der Waals surface area contributed by atoms with Gasteiger partial charge in [0.15, 0.2) is 5.76 Å². The van der Waals surface area contributed by atoms with Crippen molar-refractivity contribution in [2.24, 2.45) is 5.73 Å². The highest BCUT2D eigenvalue weighted by atomic mass is 16.5. The summed E-state index contributed by atoms with van der Waals surface area (Å²) in [5.41, 5.74) is 8.60. The van der Waals surface area contributed by atoms with Crippen LogP contribution in [-0.4, -0.2) is 18.1 Å². The lowest BCUT2D eigenvalue weighted by molar-refractivity contribution is -0.121. The number of amides is 1. The van der Waals surface area contributed by atoms with Crippen molar-refractivity contribution < 1.29 is 9.32 Å². The molecule has 1 aliphatic rings. The van der Waals surface area contributed by atoms with Crippen molar-refractivity contribution in [2.75, 3.05) is 11.9 Å². The van der Waals surface area contributed by atoms with Crippen LogP contribution in [0.2, 0.25) is 0 Å². The average Bonchev–Trinajstić information content (AvgIpc) is 2.99. The van der Waals surface area contributed by atoms with Gasteiger partial charge in [-0.05, 0) is 37.6 Å². The summed E-state index contributed by atoms with van der Waals surface area (Å²) in [5.74, 6) is 0.774. The zero-order valence-corrected chi connectivity index (χ0v) is 11.8. The molecular formula is C15H17N3O2. The van der Waals surface area contributed by atoms with Gasteiger partial charge in [-0.25, -0.2) is 0 Å². The first-order valence-corrected chi connectivity index (χ1v) is 6.54. The Kier molecular flexibility index (Phi) is 2.69. The lowest BCUT2D eigenvalue weighted by atomic mass is 9.85. The zero-order chi connectivity index (χ0) is 14.5. The van der Waals surface area contributed by atoms with Crippen molar-refractivity contribution in [2.45, 2.75) is 25.8 Å². The predicted octanol–water partition coefficient (Wildman–Crippen LogP) is 2.05. The predicted molar refractivity (Wildman–Crippen MR) is 76.3 cm³/mol. The zero-order valence-electron chi connectivity index (χ0n) is 11.8. The molecule has 104 valence electrons. The number of likely N-dealkylation sites (N-methyl/N-ethyl adjacent to an activating group) is 1. The maximum Gasteiger partial charge on any atom is 0.236 e. The van der Waals surface area contributed by atoms with E-state index >= 15 is 0 Å². The number of aromatic nitrogens is 1. The Labute approximate surface area is 117 Å². The summed E-state index contributed by atoms with van der Waals surface area (Å²) in [6.07, 6.45) is 0. The van der Waals surface area contributed by atoms with Gasteiger partial charge in [-0.15, -0.1) is 0 Å². The summed E-state index contributed by atoms with van der Waals surface area (Å²) in [6, 6.07) is 7.71. The molecule has 5 nitrogen and oxygen atoms in total. The third-order valence-corrected chi connectivity index (χ3v) is 3.92. The van der Waals surface area contributed by atoms with E-state index in [4.69, 9.17) is 10.3 Å². The molecule has 5 heteroatoms. The number of benzene rings is 1. The Morgan fingerprint density at radius 3 is 2.75 bits per heavy atom. The van der Waals surface area contributed by atoms with Gasteiger partial charge in [0.25, 0.3) is 0 Å². The third kappa shape index (κ3) is 1.67. The van der Waals surface area contributed by atoms with Gasteiger partial charge < -0.3 is 15.2 Å². The summed E-state index contributed by atoms with van der Waals surface area (Å²) < 4.78 is 5.29. The van der Waals surface area contributed by atoms with E-state index in [1.54, 1.807) is 11.9 Å². The highest BCUT2D eigenvalue weighted by Gasteiger charge is 2.42. The van der Waals surface area contributed by atoms with Gasteiger partial charge in [0, 0.05) is 30.9 Å². The quantitative estimate of drug-likeness (QED) is 0.907. The first-order valence-electron chi connectivity index (χ1n) is 6.54. The van der Waals surface area contributed by atoms with Crippen molar-refractivity contribution in [1.29, 1.82) is 0 Å². The van der Waals surface area contributed by atoms with Gasteiger partial charge in [0.2, 0.25) is 5.91 Å². The van der Waals surface area contributed by atoms with Gasteiger partial charge in [-0.3, -0.25) is 4.79 Å². The molecule has 2 aromatic rings. The van der Waals surface area contributed by atoms with Crippen LogP contribution in [0.3, 0.4) is 0 Å². The van der Waals surface area contributed by atoms with E-state index in [9.17, 15) is 4.79 Å². The molecule has 0 aliphatic carbocycles. The van der Waals surface area contributed by atoms with Crippen molar-refractivity contribution in [1.82, 2.24) is 5.16 Å². The minimum Gasteiger partial charge on any atom is -0.356 e. The normalized spacial score (nSPS) is 16.6. The van der Waals surface area contributed by atoms with Crippen LogP contribution < -0.4 is 10.6 Å². The van der Waals surface area contributed by atoms with E-state index in [2.05, 4.69) is 5.16 Å². The topological polar surface area (TPSA) is 72.4 Å². The molecule has 1 aliphatic heterocycles. The number of fused-ring (bicyclic) bond motifs is 1. The highest BCUT2D eigenvalue weighted by Crippen LogP contribution is 2.42. The molecule has 0 spiro atoms. The van der Waals surface area contributed by atoms with Crippen LogP contribution in [0.15, 0.2) is 28.8 Å². The van der Waals surface area contributed by atoms with Crippen molar-refractivity contribution >= 4 is 11.6 Å². The largest absolute Gasteiger partial charge is 0.356 e. The Morgan fingerprint density at radius 2 is 2.10 bits per heavy atom. The number of rotatable bonds is 2. The van der Waals surface area contributed by atoms with Gasteiger partial charge in [-0.1, -0.05) is 5.16 Å². The maximum atomic E-state index is 12.3. The van der Waals surface area contributed by atoms with E-state index in [-0.39, 0.29) is 5.91 Å². The molecule has 0 saturated heterocycles. The molecule has 0 saturated carbocycles. The number of carbonyl (C=O) groups excluding carboxylic acids is 1. The number of anilines is 1. The number of nitrogens with two attached hydrogens (primary N) is 1. The second-order valence-corrected chi connectivity index (χ2v) is 5.61. The monoisotopic (exact) mass is 271 g/mol. The molecule has 1 aromatic carbocycles. The SMILES string of the molecule is CN1C(=O)C(C)(C)c2cc(-c3cc(CN)no3)ccc21. The number of carbonyl (C=O) groups is 1. The second-order valence-electron chi connectivity index (χ2n) is 5.61. The molecule has 1 aromatic heterocycles. The van der Waals surface area contributed by atoms with E-state index in [1.807, 2.05) is 38.1 Å². The van der Waals surface area contributed by atoms with Gasteiger partial charge in [-0.2, -0.15) is 0 Å². The number of hydrogen-bond acceptors (Lipinski definition) is 4. The third-order valence-electron chi connectivity index (χ3n) is 3.92. The Morgan fingerprint density at radius 1 is 1.35 bits per heavy atom. The lowest BCUT2D eigenvalue weighted by Gasteiger charge is -2.16. The van der Waals surface area contributed by atoms with Crippen molar-refractivity contribution in [3.8, 4) is 11.3 Å².